The summed E-state index contributed by atoms with van der Waals surface area (Å²) in [7, 11) is 3.95. The molecule has 7 heteroatoms. The van der Waals surface area contributed by atoms with Crippen LogP contribution >= 0.6 is 0 Å². The van der Waals surface area contributed by atoms with Crippen molar-refractivity contribution in [1.82, 2.24) is 24.7 Å². The van der Waals surface area contributed by atoms with Gasteiger partial charge in [-0.1, -0.05) is 18.2 Å². The smallest absolute Gasteiger partial charge is 0.257 e. The highest BCUT2D eigenvalue weighted by Crippen LogP contribution is 2.24. The number of aromatic nitrogens is 2. The van der Waals surface area contributed by atoms with Crippen LogP contribution in [0.25, 0.3) is 16.8 Å². The largest absolute Gasteiger partial charge is 0.351 e. The number of carbonyl (C=O) groups excluding carboxylic acids is 2. The summed E-state index contributed by atoms with van der Waals surface area (Å²) in [4.78, 5) is 29.3. The molecule has 1 N–H and O–H groups in total. The number of hydrogen-bond donors (Lipinski definition) is 1. The lowest BCUT2D eigenvalue weighted by Crippen LogP contribution is -2.35. The number of carbonyl (C=O) groups is 2. The zero-order valence-corrected chi connectivity index (χ0v) is 18.2. The number of fused-ring (bicyclic) bond motifs is 1. The van der Waals surface area contributed by atoms with E-state index in [4.69, 9.17) is 0 Å². The molecule has 1 fully saturated rings. The average Bonchev–Trinajstić information content (AvgIpc) is 3.23. The van der Waals surface area contributed by atoms with Crippen molar-refractivity contribution in [3.63, 3.8) is 0 Å². The third-order valence-corrected chi connectivity index (χ3v) is 5.70. The van der Waals surface area contributed by atoms with E-state index in [1.165, 1.54) is 6.42 Å². The number of nitrogens with one attached hydrogen (secondary N) is 1. The minimum Gasteiger partial charge on any atom is -0.351 e. The number of likely N-dealkylation sites (tertiary alicyclic amines) is 1. The van der Waals surface area contributed by atoms with Gasteiger partial charge in [-0.25, -0.2) is 4.52 Å². The van der Waals surface area contributed by atoms with E-state index in [9.17, 15) is 9.59 Å². The van der Waals surface area contributed by atoms with E-state index >= 15 is 0 Å². The molecular formula is C24H29N5O2. The lowest BCUT2D eigenvalue weighted by Gasteiger charge is -2.26. The number of pyridine rings is 1. The molecule has 2 aromatic heterocycles. The van der Waals surface area contributed by atoms with Crippen molar-refractivity contribution in [2.24, 2.45) is 0 Å². The molecule has 3 heterocycles. The normalized spacial score (nSPS) is 14.2. The van der Waals surface area contributed by atoms with Crippen LogP contribution < -0.4 is 5.32 Å². The number of benzene rings is 1. The molecule has 0 atom stereocenters. The minimum atomic E-state index is -0.0832. The Hall–Kier alpha value is -3.19. The van der Waals surface area contributed by atoms with Crippen molar-refractivity contribution < 1.29 is 9.59 Å². The van der Waals surface area contributed by atoms with Crippen molar-refractivity contribution in [3.8, 4) is 11.3 Å². The molecule has 1 saturated heterocycles. The van der Waals surface area contributed by atoms with E-state index in [0.717, 1.165) is 49.2 Å². The first-order chi connectivity index (χ1) is 15.0. The highest BCUT2D eigenvalue weighted by Gasteiger charge is 2.22. The first-order valence-electron chi connectivity index (χ1n) is 10.8. The Labute approximate surface area is 182 Å². The number of rotatable bonds is 6. The number of nitrogens with zero attached hydrogens (tertiary/aromatic N) is 4. The predicted molar refractivity (Wildman–Crippen MR) is 121 cm³/mol. The molecule has 0 spiro atoms. The molecule has 3 aromatic rings. The fourth-order valence-corrected chi connectivity index (χ4v) is 3.95. The molecule has 162 valence electrons. The number of likely N-dealkylation sites (N-methyl/N-ethyl adjacent to an activating group) is 1. The fourth-order valence-electron chi connectivity index (χ4n) is 3.95. The van der Waals surface area contributed by atoms with Gasteiger partial charge in [-0.15, -0.1) is 0 Å². The zero-order chi connectivity index (χ0) is 21.8. The Balaban J connectivity index is 1.55. The second kappa shape index (κ2) is 9.31. The molecule has 2 amide bonds. The molecule has 1 aromatic carbocycles. The predicted octanol–water partition coefficient (Wildman–Crippen LogP) is 2.92. The summed E-state index contributed by atoms with van der Waals surface area (Å²) in [5.41, 5.74) is 3.89. The average molecular weight is 420 g/mol. The first-order valence-corrected chi connectivity index (χ1v) is 10.8. The van der Waals surface area contributed by atoms with Gasteiger partial charge in [-0.05, 0) is 57.6 Å². The molecule has 1 aliphatic rings. The van der Waals surface area contributed by atoms with Gasteiger partial charge in [0.15, 0.2) is 0 Å². The van der Waals surface area contributed by atoms with Gasteiger partial charge in [0.05, 0.1) is 23.0 Å². The van der Waals surface area contributed by atoms with Gasteiger partial charge in [0.25, 0.3) is 11.8 Å². The lowest BCUT2D eigenvalue weighted by molar-refractivity contribution is 0.0726. The molecule has 0 bridgehead atoms. The molecular weight excluding hydrogens is 390 g/mol. The monoisotopic (exact) mass is 419 g/mol. The summed E-state index contributed by atoms with van der Waals surface area (Å²) < 4.78 is 1.81. The van der Waals surface area contributed by atoms with Crippen LogP contribution in [0, 0.1) is 0 Å². The topological polar surface area (TPSA) is 70.0 Å². The summed E-state index contributed by atoms with van der Waals surface area (Å²) in [5.74, 6) is -0.0308. The van der Waals surface area contributed by atoms with E-state index < -0.39 is 0 Å². The SMILES string of the molecule is CN(C)CCNC(=O)c1ccc(-c2cccc3c(C(=O)N4CCCCC4)cnn23)cc1. The molecule has 1 aliphatic heterocycles. The van der Waals surface area contributed by atoms with Gasteiger partial charge in [-0.2, -0.15) is 5.10 Å². The summed E-state index contributed by atoms with van der Waals surface area (Å²) >= 11 is 0. The lowest BCUT2D eigenvalue weighted by atomic mass is 10.1. The zero-order valence-electron chi connectivity index (χ0n) is 18.2. The molecule has 0 radical (unpaired) electrons. The van der Waals surface area contributed by atoms with E-state index in [2.05, 4.69) is 10.4 Å². The van der Waals surface area contributed by atoms with E-state index in [-0.39, 0.29) is 11.8 Å². The highest BCUT2D eigenvalue weighted by atomic mass is 16.2. The van der Waals surface area contributed by atoms with Crippen molar-refractivity contribution in [1.29, 1.82) is 0 Å². The molecule has 0 saturated carbocycles. The number of hydrogen-bond acceptors (Lipinski definition) is 4. The summed E-state index contributed by atoms with van der Waals surface area (Å²) in [5, 5.41) is 7.44. The molecule has 7 nitrogen and oxygen atoms in total. The van der Waals surface area contributed by atoms with E-state index in [0.29, 0.717) is 17.7 Å². The van der Waals surface area contributed by atoms with E-state index in [1.54, 1.807) is 6.20 Å². The van der Waals surface area contributed by atoms with Crippen molar-refractivity contribution in [3.05, 3.63) is 59.8 Å². The standard InChI is InChI=1S/C24H29N5O2/c1-27(2)16-13-25-23(30)19-11-9-18(10-12-19)21-7-6-8-22-20(17-26-29(21)22)24(31)28-14-4-3-5-15-28/h6-12,17H,3-5,13-16H2,1-2H3,(H,25,30). The van der Waals surface area contributed by atoms with Crippen molar-refractivity contribution >= 4 is 17.3 Å². The van der Waals surface area contributed by atoms with Gasteiger partial charge in [-0.3, -0.25) is 9.59 Å². The molecule has 0 unspecified atom stereocenters. The van der Waals surface area contributed by atoms with Crippen molar-refractivity contribution in [2.45, 2.75) is 19.3 Å². The van der Waals surface area contributed by atoms with Crippen LogP contribution in [0.15, 0.2) is 48.7 Å². The van der Waals surface area contributed by atoms with Gasteiger partial charge < -0.3 is 15.1 Å². The van der Waals surface area contributed by atoms with Crippen LogP contribution in [0.5, 0.6) is 0 Å². The highest BCUT2D eigenvalue weighted by molar-refractivity contribution is 6.01. The quantitative estimate of drug-likeness (QED) is 0.667. The summed E-state index contributed by atoms with van der Waals surface area (Å²) in [6, 6.07) is 13.3. The number of amides is 2. The van der Waals surface area contributed by atoms with Crippen LogP contribution in [0.2, 0.25) is 0 Å². The number of piperidine rings is 1. The van der Waals surface area contributed by atoms with Gasteiger partial charge in [0.1, 0.15) is 0 Å². The van der Waals surface area contributed by atoms with Gasteiger partial charge in [0.2, 0.25) is 0 Å². The van der Waals surface area contributed by atoms with Crippen LogP contribution in [-0.4, -0.2) is 71.5 Å². The molecule has 31 heavy (non-hydrogen) atoms. The van der Waals surface area contributed by atoms with Crippen LogP contribution in [0.3, 0.4) is 0 Å². The maximum absolute atomic E-state index is 13.0. The molecule has 0 aliphatic carbocycles. The second-order valence-electron chi connectivity index (χ2n) is 8.26. The van der Waals surface area contributed by atoms with Crippen LogP contribution in [0.1, 0.15) is 40.0 Å². The fraction of sp³-hybridized carbons (Fsp3) is 0.375. The second-order valence-corrected chi connectivity index (χ2v) is 8.26. The van der Waals surface area contributed by atoms with Crippen LogP contribution in [0.4, 0.5) is 0 Å². The van der Waals surface area contributed by atoms with Crippen molar-refractivity contribution in [2.75, 3.05) is 40.3 Å². The Bertz CT molecular complexity index is 1070. The maximum Gasteiger partial charge on any atom is 0.257 e. The Kier molecular flexibility index (Phi) is 6.32. The third kappa shape index (κ3) is 4.61. The van der Waals surface area contributed by atoms with Crippen LogP contribution in [-0.2, 0) is 0 Å². The summed E-state index contributed by atoms with van der Waals surface area (Å²) in [6.07, 6.45) is 4.98. The van der Waals surface area contributed by atoms with Gasteiger partial charge >= 0.3 is 0 Å². The molecule has 4 rings (SSSR count). The van der Waals surface area contributed by atoms with Gasteiger partial charge in [0, 0.05) is 37.3 Å². The Morgan fingerprint density at radius 2 is 1.77 bits per heavy atom. The minimum absolute atomic E-state index is 0.0524. The Morgan fingerprint density at radius 3 is 2.48 bits per heavy atom. The summed E-state index contributed by atoms with van der Waals surface area (Å²) in [6.45, 7) is 3.03. The van der Waals surface area contributed by atoms with E-state index in [1.807, 2.05) is 70.9 Å². The first kappa shape index (κ1) is 21.1. The third-order valence-electron chi connectivity index (χ3n) is 5.70. The maximum atomic E-state index is 13.0. The Morgan fingerprint density at radius 1 is 1.03 bits per heavy atom.